The number of thiocarbonyl (C=S) groups is 1. The molecule has 1 aliphatic rings. The number of benzene rings is 2. The molecule has 3 rings (SSSR count). The van der Waals surface area contributed by atoms with Gasteiger partial charge in [-0.05, 0) is 48.5 Å². The van der Waals surface area contributed by atoms with Crippen molar-refractivity contribution in [3.8, 4) is 0 Å². The third-order valence-electron chi connectivity index (χ3n) is 5.20. The summed E-state index contributed by atoms with van der Waals surface area (Å²) in [7, 11) is 2.46. The fourth-order valence-electron chi connectivity index (χ4n) is 3.71. The molecule has 6 nitrogen and oxygen atoms in total. The topological polar surface area (TPSA) is 67.9 Å². The van der Waals surface area contributed by atoms with Crippen molar-refractivity contribution in [1.82, 2.24) is 5.32 Å². The lowest BCUT2D eigenvalue weighted by Crippen LogP contribution is -2.49. The van der Waals surface area contributed by atoms with E-state index in [-0.39, 0.29) is 28.5 Å². The number of carbonyl (C=O) groups excluding carboxylic acids is 2. The highest BCUT2D eigenvalue weighted by atomic mass is 32.1. The highest BCUT2D eigenvalue weighted by Crippen LogP contribution is 2.41. The molecule has 0 saturated carbocycles. The smallest absolute Gasteiger partial charge is 0.418 e. The van der Waals surface area contributed by atoms with E-state index in [1.807, 2.05) is 0 Å². The first-order valence-electron chi connectivity index (χ1n) is 9.90. The molecule has 0 unspecified atom stereocenters. The van der Waals surface area contributed by atoms with E-state index in [1.54, 1.807) is 19.1 Å². The van der Waals surface area contributed by atoms with Gasteiger partial charge < -0.3 is 14.8 Å². The van der Waals surface area contributed by atoms with Gasteiger partial charge >= 0.3 is 18.1 Å². The second kappa shape index (κ2) is 9.62. The van der Waals surface area contributed by atoms with Gasteiger partial charge in [-0.25, -0.2) is 9.59 Å². The van der Waals surface area contributed by atoms with Gasteiger partial charge in [0.25, 0.3) is 0 Å². The Morgan fingerprint density at radius 1 is 1.03 bits per heavy atom. The van der Waals surface area contributed by atoms with Crippen molar-refractivity contribution < 1.29 is 32.2 Å². The Hall–Kier alpha value is -3.40. The Kier molecular flexibility index (Phi) is 7.06. The average Bonchev–Trinajstić information content (AvgIpc) is 2.81. The van der Waals surface area contributed by atoms with Gasteiger partial charge in [0, 0.05) is 5.70 Å². The molecule has 2 aromatic rings. The summed E-state index contributed by atoms with van der Waals surface area (Å²) < 4.78 is 50.8. The zero-order valence-electron chi connectivity index (χ0n) is 18.0. The molecule has 0 bridgehead atoms. The van der Waals surface area contributed by atoms with Crippen LogP contribution in [-0.2, 0) is 20.4 Å². The summed E-state index contributed by atoms with van der Waals surface area (Å²) >= 11 is 5.46. The summed E-state index contributed by atoms with van der Waals surface area (Å²) in [6, 6.07) is 10.5. The van der Waals surface area contributed by atoms with Gasteiger partial charge in [-0.3, -0.25) is 4.90 Å². The highest BCUT2D eigenvalue weighted by Gasteiger charge is 2.40. The number of para-hydroxylation sites is 1. The average molecular weight is 478 g/mol. The number of ether oxygens (including phenoxy) is 2. The van der Waals surface area contributed by atoms with Crippen molar-refractivity contribution in [2.75, 3.05) is 19.1 Å². The first kappa shape index (κ1) is 24.2. The van der Waals surface area contributed by atoms with Crippen LogP contribution in [0, 0.1) is 0 Å². The van der Waals surface area contributed by atoms with Crippen molar-refractivity contribution >= 4 is 35.0 Å². The highest BCUT2D eigenvalue weighted by molar-refractivity contribution is 7.80. The third kappa shape index (κ3) is 4.70. The van der Waals surface area contributed by atoms with E-state index in [2.05, 4.69) is 5.32 Å². The van der Waals surface area contributed by atoms with Gasteiger partial charge in [0.05, 0.1) is 42.6 Å². The molecule has 2 aromatic carbocycles. The molecule has 1 aliphatic heterocycles. The zero-order valence-corrected chi connectivity index (χ0v) is 18.8. The molecule has 0 fully saturated rings. The Labute approximate surface area is 194 Å². The molecule has 0 aromatic heterocycles. The number of esters is 2. The van der Waals surface area contributed by atoms with E-state index < -0.39 is 29.7 Å². The molecule has 0 saturated heterocycles. The number of halogens is 3. The lowest BCUT2D eigenvalue weighted by molar-refractivity contribution is -0.137. The first-order chi connectivity index (χ1) is 15.6. The zero-order chi connectivity index (χ0) is 24.3. The Bertz CT molecular complexity index is 1110. The lowest BCUT2D eigenvalue weighted by Gasteiger charge is -2.39. The monoisotopic (exact) mass is 478 g/mol. The standard InChI is InChI=1S/C23H21F3N2O4S/c1-4-16-18(21(30)32-3)19(13-9-11-14(12-10-13)20(29)31-2)27-22(33)28(16)17-8-6-5-7-15(17)23(24,25)26/h5-12,19H,4H2,1-3H3,(H,27,33)/t19-/m1/s1. The maximum absolute atomic E-state index is 13.7. The van der Waals surface area contributed by atoms with Crippen LogP contribution in [0.2, 0.25) is 0 Å². The summed E-state index contributed by atoms with van der Waals surface area (Å²) in [5, 5.41) is 2.97. The van der Waals surface area contributed by atoms with Crippen LogP contribution in [0.25, 0.3) is 0 Å². The number of nitrogens with one attached hydrogen (secondary N) is 1. The predicted molar refractivity (Wildman–Crippen MR) is 120 cm³/mol. The van der Waals surface area contributed by atoms with E-state index in [9.17, 15) is 22.8 Å². The normalized spacial score (nSPS) is 16.4. The van der Waals surface area contributed by atoms with Gasteiger partial charge in [-0.2, -0.15) is 13.2 Å². The van der Waals surface area contributed by atoms with Crippen LogP contribution in [-0.4, -0.2) is 31.3 Å². The maximum Gasteiger partial charge on any atom is 0.418 e. The number of nitrogens with zero attached hydrogens (tertiary/aromatic N) is 1. The Morgan fingerprint density at radius 2 is 1.64 bits per heavy atom. The number of carbonyl (C=O) groups is 2. The number of hydrogen-bond acceptors (Lipinski definition) is 5. The number of rotatable bonds is 5. The summed E-state index contributed by atoms with van der Waals surface area (Å²) in [6.07, 6.45) is -4.42. The summed E-state index contributed by atoms with van der Waals surface area (Å²) in [6.45, 7) is 1.72. The number of hydrogen-bond donors (Lipinski definition) is 1. The third-order valence-corrected chi connectivity index (χ3v) is 5.50. The molecule has 0 amide bonds. The minimum atomic E-state index is -4.63. The molecule has 10 heteroatoms. The molecule has 33 heavy (non-hydrogen) atoms. The van der Waals surface area contributed by atoms with E-state index in [1.165, 1.54) is 49.5 Å². The molecule has 1 atom stereocenters. The molecular formula is C23H21F3N2O4S. The number of methoxy groups -OCH3 is 2. The Morgan fingerprint density at radius 3 is 2.18 bits per heavy atom. The summed E-state index contributed by atoms with van der Waals surface area (Å²) in [4.78, 5) is 25.8. The van der Waals surface area contributed by atoms with Crippen molar-refractivity contribution in [1.29, 1.82) is 0 Å². The lowest BCUT2D eigenvalue weighted by atomic mass is 9.92. The van der Waals surface area contributed by atoms with Crippen LogP contribution in [0.5, 0.6) is 0 Å². The predicted octanol–water partition coefficient (Wildman–Crippen LogP) is 4.76. The summed E-state index contributed by atoms with van der Waals surface area (Å²) in [5.41, 5.74) is 0.200. The van der Waals surface area contributed by atoms with Gasteiger partial charge in [-0.1, -0.05) is 31.2 Å². The molecule has 0 aliphatic carbocycles. The van der Waals surface area contributed by atoms with Gasteiger partial charge in [0.15, 0.2) is 5.11 Å². The number of anilines is 1. The van der Waals surface area contributed by atoms with Crippen LogP contribution in [0.1, 0.15) is 40.9 Å². The van der Waals surface area contributed by atoms with Gasteiger partial charge in [0.1, 0.15) is 0 Å². The molecule has 0 radical (unpaired) electrons. The van der Waals surface area contributed by atoms with Crippen molar-refractivity contribution in [2.45, 2.75) is 25.6 Å². The molecule has 1 heterocycles. The molecule has 1 N–H and O–H groups in total. The van der Waals surface area contributed by atoms with Crippen LogP contribution >= 0.6 is 12.2 Å². The fraction of sp³-hybridized carbons (Fsp3) is 0.261. The molecule has 0 spiro atoms. The molecule has 174 valence electrons. The minimum Gasteiger partial charge on any atom is -0.466 e. The van der Waals surface area contributed by atoms with E-state index in [0.29, 0.717) is 11.1 Å². The quantitative estimate of drug-likeness (QED) is 0.491. The fourth-order valence-corrected chi connectivity index (χ4v) is 4.03. The van der Waals surface area contributed by atoms with Crippen molar-refractivity contribution in [3.63, 3.8) is 0 Å². The van der Waals surface area contributed by atoms with E-state index in [4.69, 9.17) is 21.7 Å². The van der Waals surface area contributed by atoms with E-state index >= 15 is 0 Å². The maximum atomic E-state index is 13.7. The second-order valence-electron chi connectivity index (χ2n) is 7.05. The van der Waals surface area contributed by atoms with E-state index in [0.717, 1.165) is 6.07 Å². The van der Waals surface area contributed by atoms with Crippen LogP contribution in [0.3, 0.4) is 0 Å². The second-order valence-corrected chi connectivity index (χ2v) is 7.44. The van der Waals surface area contributed by atoms with Gasteiger partial charge in [-0.15, -0.1) is 0 Å². The van der Waals surface area contributed by atoms with Crippen LogP contribution in [0.15, 0.2) is 59.8 Å². The Balaban J connectivity index is 2.19. The summed E-state index contributed by atoms with van der Waals surface area (Å²) in [5.74, 6) is -1.24. The largest absolute Gasteiger partial charge is 0.466 e. The van der Waals surface area contributed by atoms with Crippen molar-refractivity contribution in [3.05, 3.63) is 76.5 Å². The van der Waals surface area contributed by atoms with Gasteiger partial charge in [0.2, 0.25) is 0 Å². The number of allylic oxidation sites excluding steroid dienone is 1. The first-order valence-corrected chi connectivity index (χ1v) is 10.3. The molecular weight excluding hydrogens is 457 g/mol. The minimum absolute atomic E-state index is 0.00162. The number of alkyl halides is 3. The van der Waals surface area contributed by atoms with Crippen LogP contribution in [0.4, 0.5) is 18.9 Å². The van der Waals surface area contributed by atoms with Crippen molar-refractivity contribution in [2.24, 2.45) is 0 Å². The van der Waals surface area contributed by atoms with Crippen LogP contribution < -0.4 is 10.2 Å². The SMILES string of the molecule is CCC1=C(C(=O)OC)[C@@H](c2ccc(C(=O)OC)cc2)NC(=S)N1c1ccccc1C(F)(F)F.